The maximum absolute atomic E-state index is 12.5. The topological polar surface area (TPSA) is 48.3 Å². The van der Waals surface area contributed by atoms with E-state index in [2.05, 4.69) is 0 Å². The van der Waals surface area contributed by atoms with Crippen molar-refractivity contribution in [3.05, 3.63) is 53.9 Å². The van der Waals surface area contributed by atoms with E-state index < -0.39 is 5.25 Å². The van der Waals surface area contributed by atoms with E-state index in [-0.39, 0.29) is 11.9 Å². The molecule has 0 aliphatic carbocycles. The van der Waals surface area contributed by atoms with E-state index in [9.17, 15) is 9.59 Å². The van der Waals surface area contributed by atoms with Crippen molar-refractivity contribution < 1.29 is 14.3 Å². The summed E-state index contributed by atoms with van der Waals surface area (Å²) < 4.78 is 6.66. The van der Waals surface area contributed by atoms with Crippen LogP contribution in [0.4, 0.5) is 0 Å². The Kier molecular flexibility index (Phi) is 3.36. The molecule has 1 unspecified atom stereocenters. The van der Waals surface area contributed by atoms with Gasteiger partial charge in [-0.2, -0.15) is 0 Å². The Morgan fingerprint density at radius 1 is 1.30 bits per heavy atom. The van der Waals surface area contributed by atoms with Gasteiger partial charge in [0.2, 0.25) is 0 Å². The second-order valence-electron chi connectivity index (χ2n) is 4.35. The molecule has 0 fully saturated rings. The molecule has 2 heterocycles. The van der Waals surface area contributed by atoms with E-state index >= 15 is 0 Å². The minimum atomic E-state index is -0.516. The van der Waals surface area contributed by atoms with Crippen LogP contribution < -0.4 is 0 Å². The molecule has 0 spiro atoms. The van der Waals surface area contributed by atoms with Crippen molar-refractivity contribution in [3.8, 4) is 0 Å². The van der Waals surface area contributed by atoms with E-state index in [1.807, 2.05) is 18.2 Å². The summed E-state index contributed by atoms with van der Waals surface area (Å²) in [5, 5.41) is -0.516. The van der Waals surface area contributed by atoms with Gasteiger partial charge < -0.3 is 4.74 Å². The Morgan fingerprint density at radius 3 is 2.90 bits per heavy atom. The lowest BCUT2D eigenvalue weighted by atomic mass is 10.2. The van der Waals surface area contributed by atoms with Crippen molar-refractivity contribution in [1.29, 1.82) is 0 Å². The van der Waals surface area contributed by atoms with Gasteiger partial charge in [0, 0.05) is 11.1 Å². The second-order valence-corrected chi connectivity index (χ2v) is 5.50. The Balaban J connectivity index is 2.13. The number of aromatic nitrogens is 1. The fourth-order valence-electron chi connectivity index (χ4n) is 2.24. The zero-order valence-electron chi connectivity index (χ0n) is 10.9. The minimum Gasteiger partial charge on any atom is -0.465 e. The average Bonchev–Trinajstić information content (AvgIpc) is 2.89. The molecule has 0 bridgehead atoms. The number of benzene rings is 1. The van der Waals surface area contributed by atoms with E-state index in [1.165, 1.54) is 16.3 Å². The SMILES string of the molecule is CCOC(=O)C1Sc2ccccc2C(=O)n2cccc21. The van der Waals surface area contributed by atoms with Crippen LogP contribution in [0.15, 0.2) is 47.5 Å². The maximum atomic E-state index is 12.5. The molecule has 0 N–H and O–H groups in total. The molecule has 1 aromatic carbocycles. The molecule has 20 heavy (non-hydrogen) atoms. The quantitative estimate of drug-likeness (QED) is 0.797. The van der Waals surface area contributed by atoms with Crippen LogP contribution in [0, 0.1) is 0 Å². The van der Waals surface area contributed by atoms with Crippen LogP contribution in [0.5, 0.6) is 0 Å². The van der Waals surface area contributed by atoms with Crippen molar-refractivity contribution in [2.45, 2.75) is 17.1 Å². The highest BCUT2D eigenvalue weighted by atomic mass is 32.2. The van der Waals surface area contributed by atoms with Crippen LogP contribution in [0.2, 0.25) is 0 Å². The lowest BCUT2D eigenvalue weighted by Gasteiger charge is -2.13. The van der Waals surface area contributed by atoms with Gasteiger partial charge in [-0.05, 0) is 31.2 Å². The van der Waals surface area contributed by atoms with Gasteiger partial charge in [-0.25, -0.2) is 0 Å². The smallest absolute Gasteiger partial charge is 0.325 e. The Morgan fingerprint density at radius 2 is 2.10 bits per heavy atom. The molecule has 4 nitrogen and oxygen atoms in total. The number of fused-ring (bicyclic) bond motifs is 2. The lowest BCUT2D eigenvalue weighted by molar-refractivity contribution is -0.142. The highest BCUT2D eigenvalue weighted by Gasteiger charge is 2.32. The lowest BCUT2D eigenvalue weighted by Crippen LogP contribution is -2.18. The number of hydrogen-bond donors (Lipinski definition) is 0. The summed E-state index contributed by atoms with van der Waals surface area (Å²) in [7, 11) is 0. The molecule has 1 aliphatic heterocycles. The van der Waals surface area contributed by atoms with Crippen molar-refractivity contribution >= 4 is 23.6 Å². The number of ether oxygens (including phenoxy) is 1. The van der Waals surface area contributed by atoms with E-state index in [0.717, 1.165) is 4.90 Å². The van der Waals surface area contributed by atoms with Gasteiger partial charge in [-0.1, -0.05) is 12.1 Å². The Labute approximate surface area is 120 Å². The summed E-state index contributed by atoms with van der Waals surface area (Å²) in [6, 6.07) is 10.9. The number of hydrogen-bond acceptors (Lipinski definition) is 4. The van der Waals surface area contributed by atoms with Crippen LogP contribution in [-0.4, -0.2) is 23.1 Å². The summed E-state index contributed by atoms with van der Waals surface area (Å²) in [6.45, 7) is 2.10. The normalized spacial score (nSPS) is 17.1. The number of carbonyl (C=O) groups is 2. The number of thioether (sulfide) groups is 1. The van der Waals surface area contributed by atoms with Crippen LogP contribution in [0.3, 0.4) is 0 Å². The van der Waals surface area contributed by atoms with Gasteiger partial charge in [0.15, 0.2) is 0 Å². The fraction of sp³-hybridized carbons (Fsp3) is 0.200. The fourth-order valence-corrected chi connectivity index (χ4v) is 3.41. The van der Waals surface area contributed by atoms with Gasteiger partial charge in [0.1, 0.15) is 5.25 Å². The molecule has 1 aromatic heterocycles. The molecular formula is C15H13NO3S. The van der Waals surface area contributed by atoms with Gasteiger partial charge in [0.25, 0.3) is 5.91 Å². The summed E-state index contributed by atoms with van der Waals surface area (Å²) in [5.74, 6) is -0.429. The first-order chi connectivity index (χ1) is 9.72. The van der Waals surface area contributed by atoms with Crippen LogP contribution in [0.1, 0.15) is 28.2 Å². The van der Waals surface area contributed by atoms with Gasteiger partial charge in [-0.15, -0.1) is 11.8 Å². The number of rotatable bonds is 2. The first kappa shape index (κ1) is 13.0. The third kappa shape index (κ3) is 2.04. The molecule has 5 heteroatoms. The Bertz CT molecular complexity index is 677. The zero-order valence-corrected chi connectivity index (χ0v) is 11.7. The summed E-state index contributed by atoms with van der Waals surface area (Å²) in [6.07, 6.45) is 1.69. The van der Waals surface area contributed by atoms with Crippen LogP contribution in [0.25, 0.3) is 0 Å². The first-order valence-corrected chi connectivity index (χ1v) is 7.24. The number of nitrogens with zero attached hydrogens (tertiary/aromatic N) is 1. The highest BCUT2D eigenvalue weighted by Crippen LogP contribution is 2.41. The summed E-state index contributed by atoms with van der Waals surface area (Å²) in [5.41, 5.74) is 1.27. The van der Waals surface area contributed by atoms with E-state index in [1.54, 1.807) is 31.3 Å². The maximum Gasteiger partial charge on any atom is 0.325 e. The predicted octanol–water partition coefficient (Wildman–Crippen LogP) is 2.89. The molecule has 2 aromatic rings. The molecule has 0 saturated heterocycles. The standard InChI is InChI=1S/C15H13NO3S/c1-2-19-15(18)13-11-7-5-9-16(11)14(17)10-6-3-4-8-12(10)20-13/h3-9,13H,2H2,1H3. The predicted molar refractivity (Wildman–Crippen MR) is 75.8 cm³/mol. The number of esters is 1. The third-order valence-corrected chi connectivity index (χ3v) is 4.41. The molecule has 3 rings (SSSR count). The molecule has 0 saturated carbocycles. The minimum absolute atomic E-state index is 0.111. The molecule has 0 amide bonds. The zero-order chi connectivity index (χ0) is 14.1. The molecule has 1 aliphatic rings. The summed E-state index contributed by atoms with van der Waals surface area (Å²) in [4.78, 5) is 25.5. The molecule has 1 atom stereocenters. The van der Waals surface area contributed by atoms with Gasteiger partial charge >= 0.3 is 5.97 Å². The third-order valence-electron chi connectivity index (χ3n) is 3.13. The monoisotopic (exact) mass is 287 g/mol. The second kappa shape index (κ2) is 5.17. The summed E-state index contributed by atoms with van der Waals surface area (Å²) >= 11 is 1.36. The first-order valence-electron chi connectivity index (χ1n) is 6.36. The highest BCUT2D eigenvalue weighted by molar-refractivity contribution is 8.00. The van der Waals surface area contributed by atoms with Crippen molar-refractivity contribution in [2.24, 2.45) is 0 Å². The van der Waals surface area contributed by atoms with E-state index in [0.29, 0.717) is 17.9 Å². The van der Waals surface area contributed by atoms with Crippen molar-refractivity contribution in [3.63, 3.8) is 0 Å². The van der Waals surface area contributed by atoms with Crippen LogP contribution in [-0.2, 0) is 9.53 Å². The van der Waals surface area contributed by atoms with Crippen molar-refractivity contribution in [1.82, 2.24) is 4.57 Å². The largest absolute Gasteiger partial charge is 0.465 e. The van der Waals surface area contributed by atoms with Crippen molar-refractivity contribution in [2.75, 3.05) is 6.61 Å². The Hall–Kier alpha value is -2.01. The number of carbonyl (C=O) groups excluding carboxylic acids is 2. The van der Waals surface area contributed by atoms with Gasteiger partial charge in [0.05, 0.1) is 17.9 Å². The molecular weight excluding hydrogens is 274 g/mol. The molecule has 0 radical (unpaired) electrons. The van der Waals surface area contributed by atoms with E-state index in [4.69, 9.17) is 4.74 Å². The van der Waals surface area contributed by atoms with Gasteiger partial charge in [-0.3, -0.25) is 14.2 Å². The molecule has 102 valence electrons. The average molecular weight is 287 g/mol. The van der Waals surface area contributed by atoms with Crippen LogP contribution >= 0.6 is 11.8 Å².